The Morgan fingerprint density at radius 3 is 2.62 bits per heavy atom. The molecule has 1 heterocycles. The number of alkyl halides is 2. The van der Waals surface area contributed by atoms with Crippen LogP contribution in [-0.2, 0) is 4.74 Å². The van der Waals surface area contributed by atoms with Crippen molar-refractivity contribution in [3.8, 4) is 6.07 Å². The summed E-state index contributed by atoms with van der Waals surface area (Å²) in [6.07, 6.45) is 6.27. The van der Waals surface area contributed by atoms with Crippen LogP contribution in [0.4, 0.5) is 14.5 Å². The number of ether oxygens (including phenoxy) is 1. The van der Waals surface area contributed by atoms with Crippen molar-refractivity contribution in [3.05, 3.63) is 65.6 Å². The van der Waals surface area contributed by atoms with Crippen molar-refractivity contribution in [1.29, 1.82) is 5.26 Å². The molecule has 122 valence electrons. The van der Waals surface area contributed by atoms with Gasteiger partial charge in [0.1, 0.15) is 5.76 Å². The van der Waals surface area contributed by atoms with E-state index in [0.717, 1.165) is 0 Å². The van der Waals surface area contributed by atoms with Gasteiger partial charge in [-0.15, -0.1) is 0 Å². The number of carbonyl (C=O) groups is 1. The van der Waals surface area contributed by atoms with Gasteiger partial charge in [0.15, 0.2) is 0 Å². The van der Waals surface area contributed by atoms with Gasteiger partial charge < -0.3 is 14.7 Å². The third-order valence-corrected chi connectivity index (χ3v) is 3.89. The van der Waals surface area contributed by atoms with Crippen LogP contribution in [0.3, 0.4) is 0 Å². The van der Waals surface area contributed by atoms with Crippen LogP contribution < -0.4 is 4.90 Å². The third-order valence-electron chi connectivity index (χ3n) is 3.89. The average molecular weight is 330 g/mol. The largest absolute Gasteiger partial charge is 0.478 e. The summed E-state index contributed by atoms with van der Waals surface area (Å²) < 4.78 is 29.1. The predicted octanol–water partition coefficient (Wildman–Crippen LogP) is 3.29. The van der Waals surface area contributed by atoms with Gasteiger partial charge >= 0.3 is 12.6 Å². The van der Waals surface area contributed by atoms with Crippen LogP contribution in [0.5, 0.6) is 0 Å². The Bertz CT molecular complexity index is 791. The van der Waals surface area contributed by atoms with Crippen molar-refractivity contribution in [2.24, 2.45) is 5.92 Å². The number of anilines is 1. The highest BCUT2D eigenvalue weighted by Crippen LogP contribution is 2.37. The standard InChI is InChI=1S/C17H12F2N2O3/c18-17(19)24-13-5-6-15-14(7-13)11(8-20)9-21(15)12-3-1-10(2-4-12)16(22)23/h1-7,9,14-15,17H,(H,22,23). The van der Waals surface area contributed by atoms with Crippen LogP contribution >= 0.6 is 0 Å². The first kappa shape index (κ1) is 15.7. The molecule has 24 heavy (non-hydrogen) atoms. The van der Waals surface area contributed by atoms with E-state index in [-0.39, 0.29) is 17.4 Å². The third kappa shape index (κ3) is 2.86. The lowest BCUT2D eigenvalue weighted by molar-refractivity contribution is -0.0927. The average Bonchev–Trinajstić information content (AvgIpc) is 2.92. The van der Waals surface area contributed by atoms with E-state index < -0.39 is 18.5 Å². The zero-order chi connectivity index (χ0) is 17.3. The number of rotatable bonds is 4. The maximum atomic E-state index is 12.4. The predicted molar refractivity (Wildman–Crippen MR) is 81.2 cm³/mol. The van der Waals surface area contributed by atoms with Gasteiger partial charge in [-0.05, 0) is 36.4 Å². The molecular weight excluding hydrogens is 318 g/mol. The minimum Gasteiger partial charge on any atom is -0.478 e. The molecule has 0 saturated carbocycles. The lowest BCUT2D eigenvalue weighted by Gasteiger charge is -2.28. The summed E-state index contributed by atoms with van der Waals surface area (Å²) in [5.74, 6) is -1.40. The van der Waals surface area contributed by atoms with Crippen molar-refractivity contribution in [1.82, 2.24) is 0 Å². The smallest absolute Gasteiger partial charge is 0.387 e. The van der Waals surface area contributed by atoms with Gasteiger partial charge in [0.25, 0.3) is 0 Å². The summed E-state index contributed by atoms with van der Waals surface area (Å²) in [5.41, 5.74) is 1.28. The van der Waals surface area contributed by atoms with E-state index in [4.69, 9.17) is 5.11 Å². The molecule has 0 aromatic heterocycles. The molecule has 0 radical (unpaired) electrons. The lowest BCUT2D eigenvalue weighted by Crippen LogP contribution is -2.31. The molecule has 1 aromatic carbocycles. The summed E-state index contributed by atoms with van der Waals surface area (Å²) in [6, 6.07) is 8.04. The van der Waals surface area contributed by atoms with E-state index in [1.807, 2.05) is 0 Å². The molecule has 1 aromatic rings. The fraction of sp³-hybridized carbons (Fsp3) is 0.176. The van der Waals surface area contributed by atoms with Gasteiger partial charge in [-0.25, -0.2) is 4.79 Å². The van der Waals surface area contributed by atoms with Crippen LogP contribution in [0.15, 0.2) is 60.0 Å². The second-order valence-corrected chi connectivity index (χ2v) is 5.28. The highest BCUT2D eigenvalue weighted by atomic mass is 19.3. The number of fused-ring (bicyclic) bond motifs is 1. The molecule has 5 nitrogen and oxygen atoms in total. The van der Waals surface area contributed by atoms with Crippen LogP contribution in [0, 0.1) is 17.2 Å². The SMILES string of the molecule is N#CC1=CN(c2ccc(C(=O)O)cc2)C2C=CC(OC(F)F)=CC12. The first-order valence-electron chi connectivity index (χ1n) is 7.08. The lowest BCUT2D eigenvalue weighted by atomic mass is 9.91. The summed E-state index contributed by atoms with van der Waals surface area (Å²) in [6.45, 7) is -2.92. The van der Waals surface area contributed by atoms with Crippen LogP contribution in [0.2, 0.25) is 0 Å². The quantitative estimate of drug-likeness (QED) is 0.917. The molecule has 0 saturated heterocycles. The number of nitrogens with zero attached hydrogens (tertiary/aromatic N) is 2. The Labute approximate surface area is 136 Å². The molecule has 0 amide bonds. The van der Waals surface area contributed by atoms with Crippen molar-refractivity contribution in [2.45, 2.75) is 12.7 Å². The number of halogens is 2. The molecule has 2 unspecified atom stereocenters. The molecule has 0 fully saturated rings. The molecular formula is C17H12F2N2O3. The number of aromatic carboxylic acids is 1. The second-order valence-electron chi connectivity index (χ2n) is 5.28. The zero-order valence-corrected chi connectivity index (χ0v) is 12.3. The second kappa shape index (κ2) is 6.16. The Kier molecular flexibility index (Phi) is 4.04. The van der Waals surface area contributed by atoms with E-state index >= 15 is 0 Å². The first-order valence-corrected chi connectivity index (χ1v) is 7.08. The molecule has 7 heteroatoms. The number of allylic oxidation sites excluding steroid dienone is 1. The van der Waals surface area contributed by atoms with E-state index in [9.17, 15) is 18.8 Å². The Morgan fingerprint density at radius 2 is 2.04 bits per heavy atom. The van der Waals surface area contributed by atoms with Gasteiger partial charge in [0.05, 0.1) is 23.2 Å². The minimum absolute atomic E-state index is 0.0236. The molecule has 1 aliphatic heterocycles. The molecule has 1 aliphatic carbocycles. The van der Waals surface area contributed by atoms with Gasteiger partial charge in [0, 0.05) is 17.8 Å². The van der Waals surface area contributed by atoms with E-state index in [2.05, 4.69) is 10.8 Å². The van der Waals surface area contributed by atoms with E-state index in [1.54, 1.807) is 29.3 Å². The van der Waals surface area contributed by atoms with Crippen molar-refractivity contribution >= 4 is 11.7 Å². The molecule has 2 aliphatic rings. The van der Waals surface area contributed by atoms with Gasteiger partial charge in [0.2, 0.25) is 0 Å². The minimum atomic E-state index is -2.92. The topological polar surface area (TPSA) is 73.6 Å². The Balaban J connectivity index is 1.89. The van der Waals surface area contributed by atoms with Crippen molar-refractivity contribution < 1.29 is 23.4 Å². The summed E-state index contributed by atoms with van der Waals surface area (Å²) in [5, 5.41) is 18.2. The van der Waals surface area contributed by atoms with Crippen molar-refractivity contribution in [3.63, 3.8) is 0 Å². The highest BCUT2D eigenvalue weighted by Gasteiger charge is 2.35. The highest BCUT2D eigenvalue weighted by molar-refractivity contribution is 5.88. The van der Waals surface area contributed by atoms with Gasteiger partial charge in [-0.3, -0.25) is 0 Å². The maximum Gasteiger partial charge on any atom is 0.387 e. The molecule has 3 rings (SSSR count). The van der Waals surface area contributed by atoms with E-state index in [1.165, 1.54) is 24.3 Å². The zero-order valence-electron chi connectivity index (χ0n) is 12.3. The number of benzene rings is 1. The van der Waals surface area contributed by atoms with Gasteiger partial charge in [-0.2, -0.15) is 14.0 Å². The van der Waals surface area contributed by atoms with Crippen LogP contribution in [0.1, 0.15) is 10.4 Å². The summed E-state index contributed by atoms with van der Waals surface area (Å²) in [4.78, 5) is 12.7. The monoisotopic (exact) mass is 330 g/mol. The number of hydrogen-bond donors (Lipinski definition) is 1. The van der Waals surface area contributed by atoms with Crippen LogP contribution in [0.25, 0.3) is 0 Å². The Hall–Kier alpha value is -3.14. The van der Waals surface area contributed by atoms with E-state index in [0.29, 0.717) is 11.3 Å². The Morgan fingerprint density at radius 1 is 1.33 bits per heavy atom. The number of carboxylic acids is 1. The maximum absolute atomic E-state index is 12.4. The molecule has 1 N–H and O–H groups in total. The fourth-order valence-electron chi connectivity index (χ4n) is 2.81. The molecule has 2 atom stereocenters. The molecule has 0 bridgehead atoms. The summed E-state index contributed by atoms with van der Waals surface area (Å²) in [7, 11) is 0. The number of nitriles is 1. The normalized spacial score (nSPS) is 21.8. The summed E-state index contributed by atoms with van der Waals surface area (Å²) >= 11 is 0. The van der Waals surface area contributed by atoms with Gasteiger partial charge in [-0.1, -0.05) is 6.08 Å². The van der Waals surface area contributed by atoms with Crippen molar-refractivity contribution in [2.75, 3.05) is 4.90 Å². The first-order chi connectivity index (χ1) is 11.5. The fourth-order valence-corrected chi connectivity index (χ4v) is 2.81. The van der Waals surface area contributed by atoms with Crippen LogP contribution in [-0.4, -0.2) is 23.7 Å². The number of hydrogen-bond acceptors (Lipinski definition) is 4. The molecule has 0 spiro atoms. The number of carboxylic acid groups (broad SMARTS) is 1.